The number of ether oxygens (including phenoxy) is 1. The highest BCUT2D eigenvalue weighted by Gasteiger charge is 2.12. The van der Waals surface area contributed by atoms with Crippen LogP contribution in [0.2, 0.25) is 0 Å². The molecule has 1 heterocycles. The van der Waals surface area contributed by atoms with Crippen LogP contribution >= 0.6 is 11.3 Å². The van der Waals surface area contributed by atoms with Crippen molar-refractivity contribution < 1.29 is 4.74 Å². The third-order valence-corrected chi connectivity index (χ3v) is 6.06. The standard InChI is InChI=1S/C25H27N3OS/c1-18-11-13-19(14-12-18)15-20(17-29-2)27-22-8-4-3-7-21(22)26-16-25-28-23-9-5-6-10-24(23)30-25/h3-14,20,26-27H,15-17H2,1-2H3/t20-/m0/s1. The smallest absolute Gasteiger partial charge is 0.113 e. The van der Waals surface area contributed by atoms with E-state index in [4.69, 9.17) is 9.72 Å². The van der Waals surface area contributed by atoms with Crippen molar-refractivity contribution in [1.29, 1.82) is 0 Å². The number of fused-ring (bicyclic) bond motifs is 1. The average molecular weight is 418 g/mol. The lowest BCUT2D eigenvalue weighted by Gasteiger charge is -2.22. The van der Waals surface area contributed by atoms with Gasteiger partial charge in [0, 0.05) is 7.11 Å². The molecule has 0 bridgehead atoms. The normalized spacial score (nSPS) is 12.1. The van der Waals surface area contributed by atoms with Gasteiger partial charge in [-0.15, -0.1) is 11.3 Å². The molecule has 0 saturated carbocycles. The summed E-state index contributed by atoms with van der Waals surface area (Å²) in [5.41, 5.74) is 5.79. The van der Waals surface area contributed by atoms with Gasteiger partial charge in [0.1, 0.15) is 5.01 Å². The Labute approximate surface area is 181 Å². The van der Waals surface area contributed by atoms with Crippen molar-refractivity contribution in [2.24, 2.45) is 0 Å². The van der Waals surface area contributed by atoms with Crippen molar-refractivity contribution in [3.8, 4) is 0 Å². The van der Waals surface area contributed by atoms with Gasteiger partial charge in [0.2, 0.25) is 0 Å². The minimum atomic E-state index is 0.183. The summed E-state index contributed by atoms with van der Waals surface area (Å²) < 4.78 is 6.70. The van der Waals surface area contributed by atoms with Gasteiger partial charge in [-0.1, -0.05) is 54.1 Å². The molecule has 1 aromatic heterocycles. The molecule has 0 aliphatic carbocycles. The number of nitrogens with one attached hydrogen (secondary N) is 2. The van der Waals surface area contributed by atoms with Gasteiger partial charge >= 0.3 is 0 Å². The first-order valence-corrected chi connectivity index (χ1v) is 11.0. The lowest BCUT2D eigenvalue weighted by Crippen LogP contribution is -2.28. The quantitative estimate of drug-likeness (QED) is 0.357. The Balaban J connectivity index is 1.46. The zero-order valence-electron chi connectivity index (χ0n) is 17.4. The predicted molar refractivity (Wildman–Crippen MR) is 128 cm³/mol. The number of aryl methyl sites for hydroxylation is 1. The van der Waals surface area contributed by atoms with E-state index in [1.54, 1.807) is 18.4 Å². The Morgan fingerprint density at radius 2 is 1.67 bits per heavy atom. The molecule has 5 heteroatoms. The highest BCUT2D eigenvalue weighted by Crippen LogP contribution is 2.26. The molecule has 2 N–H and O–H groups in total. The van der Waals surface area contributed by atoms with Crippen LogP contribution < -0.4 is 10.6 Å². The van der Waals surface area contributed by atoms with E-state index in [-0.39, 0.29) is 6.04 Å². The lowest BCUT2D eigenvalue weighted by atomic mass is 10.0. The maximum atomic E-state index is 5.48. The summed E-state index contributed by atoms with van der Waals surface area (Å²) in [5.74, 6) is 0. The van der Waals surface area contributed by atoms with Crippen molar-refractivity contribution in [3.05, 3.63) is 88.9 Å². The van der Waals surface area contributed by atoms with E-state index in [1.165, 1.54) is 15.8 Å². The van der Waals surface area contributed by atoms with E-state index in [2.05, 4.69) is 84.3 Å². The fraction of sp³-hybridized carbons (Fsp3) is 0.240. The van der Waals surface area contributed by atoms with Crippen LogP contribution in [0.5, 0.6) is 0 Å². The van der Waals surface area contributed by atoms with E-state index >= 15 is 0 Å². The number of methoxy groups -OCH3 is 1. The first-order chi connectivity index (χ1) is 14.7. The van der Waals surface area contributed by atoms with E-state index < -0.39 is 0 Å². The van der Waals surface area contributed by atoms with Crippen molar-refractivity contribution in [3.63, 3.8) is 0 Å². The molecule has 154 valence electrons. The molecule has 3 aromatic carbocycles. The summed E-state index contributed by atoms with van der Waals surface area (Å²) in [4.78, 5) is 4.73. The molecule has 4 aromatic rings. The minimum absolute atomic E-state index is 0.183. The van der Waals surface area contributed by atoms with Gasteiger partial charge in [0.15, 0.2) is 0 Å². The Kier molecular flexibility index (Phi) is 6.62. The molecule has 30 heavy (non-hydrogen) atoms. The fourth-order valence-electron chi connectivity index (χ4n) is 3.51. The van der Waals surface area contributed by atoms with Crippen LogP contribution in [0.25, 0.3) is 10.2 Å². The zero-order valence-corrected chi connectivity index (χ0v) is 18.2. The lowest BCUT2D eigenvalue weighted by molar-refractivity contribution is 0.185. The highest BCUT2D eigenvalue weighted by atomic mass is 32.1. The van der Waals surface area contributed by atoms with E-state index in [9.17, 15) is 0 Å². The number of para-hydroxylation sites is 3. The van der Waals surface area contributed by atoms with Crippen LogP contribution in [-0.4, -0.2) is 24.7 Å². The van der Waals surface area contributed by atoms with Crippen LogP contribution in [0, 0.1) is 6.92 Å². The Hall–Kier alpha value is -2.89. The first kappa shape index (κ1) is 20.4. The zero-order chi connectivity index (χ0) is 20.8. The fourth-order valence-corrected chi connectivity index (χ4v) is 4.42. The number of thiazole rings is 1. The third-order valence-electron chi connectivity index (χ3n) is 5.03. The highest BCUT2D eigenvalue weighted by molar-refractivity contribution is 7.18. The number of rotatable bonds is 9. The van der Waals surface area contributed by atoms with Crippen molar-refractivity contribution in [2.75, 3.05) is 24.4 Å². The van der Waals surface area contributed by atoms with Crippen LogP contribution in [0.4, 0.5) is 11.4 Å². The topological polar surface area (TPSA) is 46.2 Å². The van der Waals surface area contributed by atoms with E-state index in [0.29, 0.717) is 13.2 Å². The van der Waals surface area contributed by atoms with Gasteiger partial charge < -0.3 is 15.4 Å². The Bertz CT molecular complexity index is 1060. The molecule has 0 radical (unpaired) electrons. The van der Waals surface area contributed by atoms with Gasteiger partial charge in [-0.2, -0.15) is 0 Å². The molecule has 4 nitrogen and oxygen atoms in total. The van der Waals surface area contributed by atoms with Crippen molar-refractivity contribution >= 4 is 32.9 Å². The summed E-state index contributed by atoms with van der Waals surface area (Å²) in [6.07, 6.45) is 0.903. The van der Waals surface area contributed by atoms with Crippen LogP contribution in [0.15, 0.2) is 72.8 Å². The average Bonchev–Trinajstić information content (AvgIpc) is 3.18. The molecule has 0 fully saturated rings. The summed E-state index contributed by atoms with van der Waals surface area (Å²) >= 11 is 1.73. The van der Waals surface area contributed by atoms with Crippen molar-refractivity contribution in [1.82, 2.24) is 4.98 Å². The number of nitrogens with zero attached hydrogens (tertiary/aromatic N) is 1. The summed E-state index contributed by atoms with van der Waals surface area (Å²) in [6.45, 7) is 3.45. The van der Waals surface area contributed by atoms with Crippen molar-refractivity contribution in [2.45, 2.75) is 25.9 Å². The molecule has 1 atom stereocenters. The molecule has 0 aliphatic heterocycles. The molecular weight excluding hydrogens is 390 g/mol. The molecule has 0 spiro atoms. The molecule has 0 aliphatic rings. The number of hydrogen-bond donors (Lipinski definition) is 2. The maximum absolute atomic E-state index is 5.48. The number of hydrogen-bond acceptors (Lipinski definition) is 5. The Morgan fingerprint density at radius 3 is 2.43 bits per heavy atom. The van der Waals surface area contributed by atoms with Crippen LogP contribution in [-0.2, 0) is 17.7 Å². The molecule has 0 unspecified atom stereocenters. The maximum Gasteiger partial charge on any atom is 0.113 e. The largest absolute Gasteiger partial charge is 0.383 e. The van der Waals surface area contributed by atoms with Gasteiger partial charge in [-0.3, -0.25) is 0 Å². The first-order valence-electron chi connectivity index (χ1n) is 10.2. The molecule has 4 rings (SSSR count). The Morgan fingerprint density at radius 1 is 0.933 bits per heavy atom. The van der Waals surface area contributed by atoms with Gasteiger partial charge in [-0.25, -0.2) is 4.98 Å². The summed E-state index contributed by atoms with van der Waals surface area (Å²) in [6, 6.07) is 25.5. The minimum Gasteiger partial charge on any atom is -0.383 e. The predicted octanol–water partition coefficient (Wildman–Crippen LogP) is 5.89. The second-order valence-electron chi connectivity index (χ2n) is 7.46. The number of anilines is 2. The molecule has 0 amide bonds. The van der Waals surface area contributed by atoms with E-state index in [1.807, 2.05) is 6.07 Å². The number of aromatic nitrogens is 1. The molecule has 0 saturated heterocycles. The van der Waals surface area contributed by atoms with E-state index in [0.717, 1.165) is 28.3 Å². The monoisotopic (exact) mass is 417 g/mol. The van der Waals surface area contributed by atoms with Crippen LogP contribution in [0.3, 0.4) is 0 Å². The van der Waals surface area contributed by atoms with Crippen LogP contribution in [0.1, 0.15) is 16.1 Å². The van der Waals surface area contributed by atoms with Gasteiger partial charge in [-0.05, 0) is 43.2 Å². The second kappa shape index (κ2) is 9.74. The second-order valence-corrected chi connectivity index (χ2v) is 8.58. The SMILES string of the molecule is COC[C@H](Cc1ccc(C)cc1)Nc1ccccc1NCc1nc2ccccc2s1. The van der Waals surface area contributed by atoms with Gasteiger partial charge in [0.05, 0.1) is 40.8 Å². The molecular formula is C25H27N3OS. The number of benzene rings is 3. The summed E-state index contributed by atoms with van der Waals surface area (Å²) in [5, 5.41) is 8.31. The summed E-state index contributed by atoms with van der Waals surface area (Å²) in [7, 11) is 1.75. The van der Waals surface area contributed by atoms with Gasteiger partial charge in [0.25, 0.3) is 0 Å². The third kappa shape index (κ3) is 5.17.